The molecule has 0 aliphatic carbocycles. The van der Waals surface area contributed by atoms with Gasteiger partial charge in [-0.05, 0) is 38.0 Å². The van der Waals surface area contributed by atoms with E-state index in [0.717, 1.165) is 13.1 Å². The molecule has 2 aliphatic heterocycles. The molecule has 94 valence electrons. The van der Waals surface area contributed by atoms with Crippen LogP contribution in [0.25, 0.3) is 0 Å². The van der Waals surface area contributed by atoms with Crippen molar-refractivity contribution in [3.05, 3.63) is 0 Å². The van der Waals surface area contributed by atoms with Crippen LogP contribution < -0.4 is 5.32 Å². The highest BCUT2D eigenvalue weighted by Crippen LogP contribution is 2.22. The van der Waals surface area contributed by atoms with Gasteiger partial charge in [0.1, 0.15) is 0 Å². The monoisotopic (exact) mass is 244 g/mol. The van der Waals surface area contributed by atoms with Crippen LogP contribution in [0.5, 0.6) is 0 Å². The Morgan fingerprint density at radius 2 is 2.25 bits per heavy atom. The zero-order valence-corrected chi connectivity index (χ0v) is 10.8. The van der Waals surface area contributed by atoms with E-state index in [9.17, 15) is 5.11 Å². The molecule has 2 unspecified atom stereocenters. The minimum absolute atomic E-state index is 0.299. The Morgan fingerprint density at radius 1 is 1.31 bits per heavy atom. The topological polar surface area (TPSA) is 35.5 Å². The third kappa shape index (κ3) is 3.62. The Morgan fingerprint density at radius 3 is 2.88 bits per heavy atom. The average molecular weight is 244 g/mol. The molecule has 0 aromatic heterocycles. The van der Waals surface area contributed by atoms with E-state index < -0.39 is 0 Å². The summed E-state index contributed by atoms with van der Waals surface area (Å²) >= 11 is 2.07. The van der Waals surface area contributed by atoms with Crippen LogP contribution in [-0.2, 0) is 0 Å². The van der Waals surface area contributed by atoms with Crippen molar-refractivity contribution in [1.29, 1.82) is 0 Å². The van der Waals surface area contributed by atoms with Gasteiger partial charge in [-0.1, -0.05) is 0 Å². The molecule has 3 nitrogen and oxygen atoms in total. The molecule has 0 aromatic rings. The predicted octanol–water partition coefficient (Wildman–Crippen LogP) is 0.928. The Kier molecular flexibility index (Phi) is 5.42. The highest BCUT2D eigenvalue weighted by molar-refractivity contribution is 7.99. The van der Waals surface area contributed by atoms with Crippen LogP contribution in [0.3, 0.4) is 0 Å². The van der Waals surface area contributed by atoms with Crippen molar-refractivity contribution in [3.8, 4) is 0 Å². The summed E-state index contributed by atoms with van der Waals surface area (Å²) in [5, 5.41) is 12.7. The van der Waals surface area contributed by atoms with Crippen LogP contribution >= 0.6 is 11.8 Å². The lowest BCUT2D eigenvalue weighted by Crippen LogP contribution is -2.46. The molecular weight excluding hydrogens is 220 g/mol. The number of thioether (sulfide) groups is 1. The van der Waals surface area contributed by atoms with Gasteiger partial charge < -0.3 is 10.4 Å². The van der Waals surface area contributed by atoms with E-state index in [2.05, 4.69) is 22.0 Å². The molecule has 0 aromatic carbocycles. The predicted molar refractivity (Wildman–Crippen MR) is 70.0 cm³/mol. The lowest BCUT2D eigenvalue weighted by molar-refractivity contribution is 0.142. The molecule has 2 fully saturated rings. The van der Waals surface area contributed by atoms with Crippen LogP contribution in [0.15, 0.2) is 0 Å². The van der Waals surface area contributed by atoms with Crippen LogP contribution in [0.1, 0.15) is 25.7 Å². The van der Waals surface area contributed by atoms with E-state index in [4.69, 9.17) is 0 Å². The number of aliphatic hydroxyl groups excluding tert-OH is 1. The highest BCUT2D eigenvalue weighted by Gasteiger charge is 2.24. The Bertz CT molecular complexity index is 191. The molecule has 0 bridgehead atoms. The zero-order chi connectivity index (χ0) is 11.2. The number of aliphatic hydroxyl groups is 1. The van der Waals surface area contributed by atoms with Crippen molar-refractivity contribution in [2.24, 2.45) is 0 Å². The van der Waals surface area contributed by atoms with Gasteiger partial charge in [-0.15, -0.1) is 0 Å². The van der Waals surface area contributed by atoms with Gasteiger partial charge in [0.15, 0.2) is 0 Å². The average Bonchev–Trinajstić information content (AvgIpc) is 2.83. The maximum absolute atomic E-state index is 9.17. The van der Waals surface area contributed by atoms with E-state index in [0.29, 0.717) is 18.7 Å². The van der Waals surface area contributed by atoms with Crippen molar-refractivity contribution in [2.75, 3.05) is 37.7 Å². The molecule has 0 radical (unpaired) electrons. The first-order chi connectivity index (χ1) is 7.90. The van der Waals surface area contributed by atoms with Gasteiger partial charge >= 0.3 is 0 Å². The quantitative estimate of drug-likeness (QED) is 0.754. The largest absolute Gasteiger partial charge is 0.395 e. The summed E-state index contributed by atoms with van der Waals surface area (Å²) in [6, 6.07) is 1.37. The van der Waals surface area contributed by atoms with Crippen LogP contribution in [0, 0.1) is 0 Å². The van der Waals surface area contributed by atoms with Gasteiger partial charge in [0.2, 0.25) is 0 Å². The second-order valence-electron chi connectivity index (χ2n) is 4.88. The summed E-state index contributed by atoms with van der Waals surface area (Å²) in [6.07, 6.45) is 5.29. The molecular formula is C12H24N2OS. The maximum Gasteiger partial charge on any atom is 0.0558 e. The van der Waals surface area contributed by atoms with Gasteiger partial charge in [0, 0.05) is 30.9 Å². The first kappa shape index (κ1) is 12.7. The van der Waals surface area contributed by atoms with Crippen molar-refractivity contribution >= 4 is 11.8 Å². The summed E-state index contributed by atoms with van der Waals surface area (Å²) in [7, 11) is 0. The number of nitrogens with zero attached hydrogens (tertiary/aromatic N) is 1. The Hall–Kier alpha value is 0.230. The molecule has 2 aliphatic rings. The van der Waals surface area contributed by atoms with Crippen LogP contribution in [-0.4, -0.2) is 59.8 Å². The van der Waals surface area contributed by atoms with Crippen molar-refractivity contribution in [3.63, 3.8) is 0 Å². The zero-order valence-electron chi connectivity index (χ0n) is 10.0. The smallest absolute Gasteiger partial charge is 0.0558 e. The molecule has 0 amide bonds. The van der Waals surface area contributed by atoms with E-state index in [1.807, 2.05) is 0 Å². The summed E-state index contributed by atoms with van der Waals surface area (Å²) in [4.78, 5) is 2.51. The molecule has 2 N–H and O–H groups in total. The number of hydrogen-bond donors (Lipinski definition) is 2. The van der Waals surface area contributed by atoms with Gasteiger partial charge in [0.05, 0.1) is 6.61 Å². The van der Waals surface area contributed by atoms with E-state index in [1.54, 1.807) is 0 Å². The van der Waals surface area contributed by atoms with Crippen LogP contribution in [0.2, 0.25) is 0 Å². The minimum Gasteiger partial charge on any atom is -0.395 e. The van der Waals surface area contributed by atoms with Gasteiger partial charge in [-0.3, -0.25) is 4.90 Å². The van der Waals surface area contributed by atoms with Crippen molar-refractivity contribution in [1.82, 2.24) is 10.2 Å². The number of hydrogen-bond acceptors (Lipinski definition) is 4. The second-order valence-corrected chi connectivity index (χ2v) is 6.03. The van der Waals surface area contributed by atoms with Crippen molar-refractivity contribution < 1.29 is 5.11 Å². The highest BCUT2D eigenvalue weighted by atomic mass is 32.2. The van der Waals surface area contributed by atoms with E-state index >= 15 is 0 Å². The van der Waals surface area contributed by atoms with Gasteiger partial charge in [-0.2, -0.15) is 11.8 Å². The molecule has 2 atom stereocenters. The molecule has 2 saturated heterocycles. The molecule has 0 saturated carbocycles. The molecule has 2 rings (SSSR count). The van der Waals surface area contributed by atoms with Crippen molar-refractivity contribution in [2.45, 2.75) is 37.8 Å². The van der Waals surface area contributed by atoms with E-state index in [-0.39, 0.29) is 0 Å². The summed E-state index contributed by atoms with van der Waals surface area (Å²) in [5.41, 5.74) is 0. The van der Waals surface area contributed by atoms with E-state index in [1.165, 1.54) is 43.7 Å². The van der Waals surface area contributed by atoms with Gasteiger partial charge in [-0.25, -0.2) is 0 Å². The molecule has 0 spiro atoms. The lowest BCUT2D eigenvalue weighted by atomic mass is 10.1. The molecule has 4 heteroatoms. The Balaban J connectivity index is 1.82. The number of nitrogens with one attached hydrogen (secondary N) is 1. The minimum atomic E-state index is 0.299. The second kappa shape index (κ2) is 6.84. The SMILES string of the molecule is OCCN(CC1CCCN1)C1CCCSC1. The summed E-state index contributed by atoms with van der Waals surface area (Å²) in [5.74, 6) is 2.58. The fourth-order valence-corrected chi connectivity index (χ4v) is 3.95. The lowest BCUT2D eigenvalue weighted by Gasteiger charge is -2.35. The first-order valence-electron chi connectivity index (χ1n) is 6.56. The Labute approximate surface area is 103 Å². The van der Waals surface area contributed by atoms with Gasteiger partial charge in [0.25, 0.3) is 0 Å². The standard InChI is InChI=1S/C12H24N2OS/c15-7-6-14(9-11-3-1-5-13-11)12-4-2-8-16-10-12/h11-13,15H,1-10H2. The number of rotatable bonds is 5. The summed E-state index contributed by atoms with van der Waals surface area (Å²) < 4.78 is 0. The maximum atomic E-state index is 9.17. The summed E-state index contributed by atoms with van der Waals surface area (Å²) in [6.45, 7) is 3.46. The normalized spacial score (nSPS) is 31.1. The fourth-order valence-electron chi connectivity index (χ4n) is 2.76. The fraction of sp³-hybridized carbons (Fsp3) is 1.00. The third-order valence-electron chi connectivity index (χ3n) is 3.66. The molecule has 16 heavy (non-hydrogen) atoms. The molecule has 2 heterocycles. The van der Waals surface area contributed by atoms with Crippen LogP contribution in [0.4, 0.5) is 0 Å². The third-order valence-corrected chi connectivity index (χ3v) is 4.85. The first-order valence-corrected chi connectivity index (χ1v) is 7.71.